The second-order valence-electron chi connectivity index (χ2n) is 3.19. The van der Waals surface area contributed by atoms with Gasteiger partial charge in [-0.15, -0.1) is 12.4 Å². The van der Waals surface area contributed by atoms with Gasteiger partial charge in [-0.2, -0.15) is 0 Å². The Morgan fingerprint density at radius 2 is 1.70 bits per heavy atom. The Morgan fingerprint density at radius 3 is 1.90 bits per heavy atom. The van der Waals surface area contributed by atoms with Gasteiger partial charge in [0.1, 0.15) is 0 Å². The molecule has 0 aromatic heterocycles. The maximum atomic E-state index is 2.65. The Hall–Kier alpha value is 1.21. The number of nitrogens with zero attached hydrogens (tertiary/aromatic N) is 2. The normalized spacial score (nSPS) is 44.8. The minimum absolute atomic E-state index is 0. The summed E-state index contributed by atoms with van der Waals surface area (Å²) in [5, 5.41) is 0. The summed E-state index contributed by atoms with van der Waals surface area (Å²) in [6.45, 7) is 6.71. The average molecular weight is 171 g/mol. The van der Waals surface area contributed by atoms with Crippen LogP contribution in [0.2, 0.25) is 0 Å². The Labute approximate surface area is 85.8 Å². The van der Waals surface area contributed by atoms with Gasteiger partial charge >= 0.3 is 73.7 Å². The van der Waals surface area contributed by atoms with Crippen molar-refractivity contribution in [1.82, 2.24) is 9.80 Å². The van der Waals surface area contributed by atoms with Crippen LogP contribution in [-0.4, -0.2) is 73.7 Å². The van der Waals surface area contributed by atoms with Crippen molar-refractivity contribution in [2.24, 2.45) is 0 Å². The molecule has 0 aromatic carbocycles. The number of fused-ring (bicyclic) bond motifs is 3. The van der Waals surface area contributed by atoms with E-state index in [0.717, 1.165) is 3.29 Å². The predicted molar refractivity (Wildman–Crippen MR) is 44.8 cm³/mol. The van der Waals surface area contributed by atoms with Gasteiger partial charge < -0.3 is 0 Å². The number of piperazine rings is 3. The van der Waals surface area contributed by atoms with E-state index in [-0.39, 0.29) is 12.4 Å². The van der Waals surface area contributed by atoms with Crippen LogP contribution in [0.15, 0.2) is 0 Å². The Kier molecular flexibility index (Phi) is 3.48. The van der Waals surface area contributed by atoms with E-state index in [4.69, 9.17) is 0 Å². The van der Waals surface area contributed by atoms with E-state index >= 15 is 0 Å². The maximum absolute atomic E-state index is 2.65. The first kappa shape index (κ1) is 9.30. The van der Waals surface area contributed by atoms with Crippen LogP contribution < -0.4 is 0 Å². The molecule has 3 saturated heterocycles. The van der Waals surface area contributed by atoms with E-state index in [0.29, 0.717) is 0 Å². The van der Waals surface area contributed by atoms with Gasteiger partial charge in [-0.25, -0.2) is 0 Å². The molecule has 3 aliphatic rings. The van der Waals surface area contributed by atoms with Gasteiger partial charge in [0.2, 0.25) is 0 Å². The molecule has 4 heteroatoms. The van der Waals surface area contributed by atoms with Crippen molar-refractivity contribution < 1.29 is 0 Å². The van der Waals surface area contributed by atoms with Crippen LogP contribution in [0.4, 0.5) is 0 Å². The van der Waals surface area contributed by atoms with Crippen molar-refractivity contribution in [2.45, 2.75) is 3.29 Å². The fraction of sp³-hybridized carbons (Fsp3) is 1.00. The van der Waals surface area contributed by atoms with Crippen molar-refractivity contribution in [2.75, 3.05) is 32.7 Å². The predicted octanol–water partition coefficient (Wildman–Crippen LogP) is -0.466. The van der Waals surface area contributed by atoms with Gasteiger partial charge in [0.05, 0.1) is 0 Å². The SMILES string of the molecule is Cl.[Na][CH]1CN2CCN1CC2. The summed E-state index contributed by atoms with van der Waals surface area (Å²) in [5.74, 6) is 0. The first-order valence-electron chi connectivity index (χ1n) is 3.82. The molecule has 0 amide bonds. The Morgan fingerprint density at radius 1 is 1.10 bits per heavy atom. The van der Waals surface area contributed by atoms with Crippen LogP contribution in [0.3, 0.4) is 0 Å². The minimum atomic E-state index is 0. The van der Waals surface area contributed by atoms with E-state index in [1.165, 1.54) is 60.7 Å². The number of hydrogen-bond acceptors (Lipinski definition) is 2. The molecule has 3 rings (SSSR count). The van der Waals surface area contributed by atoms with Gasteiger partial charge in [0.15, 0.2) is 0 Å². The van der Waals surface area contributed by atoms with Crippen molar-refractivity contribution in [1.29, 1.82) is 0 Å². The average Bonchev–Trinajstić information content (AvgIpc) is 1.90. The molecule has 1 atom stereocenters. The Balaban J connectivity index is 0.000000500. The summed E-state index contributed by atoms with van der Waals surface area (Å²) < 4.78 is 0.965. The molecule has 0 radical (unpaired) electrons. The molecule has 0 saturated carbocycles. The number of rotatable bonds is 0. The first-order valence-corrected chi connectivity index (χ1v) is 4.98. The fourth-order valence-electron chi connectivity index (χ4n) is 1.88. The zero-order valence-corrected chi connectivity index (χ0v) is 9.23. The second kappa shape index (κ2) is 3.74. The molecule has 2 bridgehead atoms. The topological polar surface area (TPSA) is 6.48 Å². The van der Waals surface area contributed by atoms with Crippen LogP contribution in [0, 0.1) is 0 Å². The summed E-state index contributed by atoms with van der Waals surface area (Å²) in [4.78, 5) is 5.24. The van der Waals surface area contributed by atoms with Gasteiger partial charge in [-0.1, -0.05) is 0 Å². The molecule has 0 N–H and O–H groups in total. The molecule has 3 aliphatic heterocycles. The molecule has 0 aliphatic carbocycles. The summed E-state index contributed by atoms with van der Waals surface area (Å²) in [7, 11) is 0. The van der Waals surface area contributed by atoms with Gasteiger partial charge in [0.25, 0.3) is 0 Å². The molecular weight excluding hydrogens is 159 g/mol. The van der Waals surface area contributed by atoms with E-state index in [1.54, 1.807) is 0 Å². The molecule has 2 nitrogen and oxygen atoms in total. The van der Waals surface area contributed by atoms with Crippen molar-refractivity contribution in [3.05, 3.63) is 0 Å². The first-order chi connectivity index (χ1) is 4.36. The zero-order valence-electron chi connectivity index (χ0n) is 6.42. The summed E-state index contributed by atoms with van der Waals surface area (Å²) >= 11 is 1.36. The second-order valence-corrected chi connectivity index (χ2v) is 4.52. The van der Waals surface area contributed by atoms with Crippen LogP contribution in [0.25, 0.3) is 0 Å². The van der Waals surface area contributed by atoms with E-state index < -0.39 is 0 Å². The summed E-state index contributed by atoms with van der Waals surface area (Å²) in [6.07, 6.45) is 0. The molecule has 0 aromatic rings. The molecule has 0 spiro atoms. The van der Waals surface area contributed by atoms with Crippen LogP contribution in [0.1, 0.15) is 0 Å². The monoisotopic (exact) mass is 170 g/mol. The van der Waals surface area contributed by atoms with Crippen LogP contribution >= 0.6 is 12.4 Å². The van der Waals surface area contributed by atoms with Crippen LogP contribution in [0.5, 0.6) is 0 Å². The molecule has 10 heavy (non-hydrogen) atoms. The third-order valence-electron chi connectivity index (χ3n) is 2.55. The van der Waals surface area contributed by atoms with E-state index in [9.17, 15) is 0 Å². The molecular formula is C6H12ClN2Na. The van der Waals surface area contributed by atoms with Crippen molar-refractivity contribution in [3.8, 4) is 0 Å². The molecule has 54 valence electrons. The fourth-order valence-corrected chi connectivity index (χ4v) is 2.91. The van der Waals surface area contributed by atoms with E-state index in [2.05, 4.69) is 9.80 Å². The Bertz CT molecular complexity index is 114. The quantitative estimate of drug-likeness (QED) is 0.454. The molecule has 3 heterocycles. The summed E-state index contributed by atoms with van der Waals surface area (Å²) in [5.41, 5.74) is 0. The number of halogens is 1. The van der Waals surface area contributed by atoms with Crippen molar-refractivity contribution >= 4 is 40.3 Å². The third kappa shape index (κ3) is 1.68. The van der Waals surface area contributed by atoms with Gasteiger partial charge in [0, 0.05) is 0 Å². The van der Waals surface area contributed by atoms with Crippen LogP contribution in [-0.2, 0) is 0 Å². The molecule has 3 fully saturated rings. The number of hydrogen-bond donors (Lipinski definition) is 0. The zero-order chi connectivity index (χ0) is 6.27. The van der Waals surface area contributed by atoms with Gasteiger partial charge in [-0.3, -0.25) is 0 Å². The van der Waals surface area contributed by atoms with Crippen molar-refractivity contribution in [3.63, 3.8) is 0 Å². The molecule has 1 unspecified atom stereocenters. The summed E-state index contributed by atoms with van der Waals surface area (Å²) in [6, 6.07) is 0. The van der Waals surface area contributed by atoms with Gasteiger partial charge in [-0.05, 0) is 0 Å². The third-order valence-corrected chi connectivity index (χ3v) is 3.65. The van der Waals surface area contributed by atoms with E-state index in [1.807, 2.05) is 0 Å². The standard InChI is InChI=1S/C6H11N2.ClH.Na/c1-2-8-5-3-7(1)4-6-8;;/h1H,2-6H2;1H;.